The van der Waals surface area contributed by atoms with Crippen molar-refractivity contribution >= 4 is 15.6 Å². The van der Waals surface area contributed by atoms with Crippen LogP contribution < -0.4 is 0 Å². The minimum absolute atomic E-state index is 0.0983. The molecule has 0 spiro atoms. The van der Waals surface area contributed by atoms with Crippen LogP contribution in [0.4, 0.5) is 0 Å². The highest BCUT2D eigenvalue weighted by molar-refractivity contribution is 7.90. The Labute approximate surface area is 111 Å². The minimum atomic E-state index is -3.31. The standard InChI is InChI=1S/C12H13N3O3S/c1-15-8-10(13-14-15)7-12(16)9-4-3-5-11(6-9)19(2,17)18/h3-6,8H,7H2,1-2H3. The van der Waals surface area contributed by atoms with E-state index >= 15 is 0 Å². The number of aromatic nitrogens is 3. The fourth-order valence-corrected chi connectivity index (χ4v) is 2.31. The van der Waals surface area contributed by atoms with Crippen molar-refractivity contribution in [1.82, 2.24) is 15.0 Å². The second kappa shape index (κ2) is 4.93. The van der Waals surface area contributed by atoms with Crippen LogP contribution >= 0.6 is 0 Å². The molecule has 0 unspecified atom stereocenters. The van der Waals surface area contributed by atoms with E-state index in [1.54, 1.807) is 25.4 Å². The van der Waals surface area contributed by atoms with Gasteiger partial charge in [0.05, 0.1) is 17.0 Å². The van der Waals surface area contributed by atoms with Gasteiger partial charge in [-0.3, -0.25) is 9.48 Å². The van der Waals surface area contributed by atoms with Crippen molar-refractivity contribution in [3.8, 4) is 0 Å². The lowest BCUT2D eigenvalue weighted by Gasteiger charge is -2.02. The summed E-state index contributed by atoms with van der Waals surface area (Å²) in [6.45, 7) is 0. The normalized spacial score (nSPS) is 11.5. The van der Waals surface area contributed by atoms with E-state index in [-0.39, 0.29) is 17.1 Å². The number of sulfone groups is 1. The Morgan fingerprint density at radius 1 is 1.37 bits per heavy atom. The van der Waals surface area contributed by atoms with E-state index in [0.717, 1.165) is 6.26 Å². The van der Waals surface area contributed by atoms with Crippen molar-refractivity contribution in [3.63, 3.8) is 0 Å². The van der Waals surface area contributed by atoms with E-state index in [1.807, 2.05) is 0 Å². The zero-order chi connectivity index (χ0) is 14.0. The molecular weight excluding hydrogens is 266 g/mol. The molecule has 0 bridgehead atoms. The van der Waals surface area contributed by atoms with Crippen molar-refractivity contribution < 1.29 is 13.2 Å². The van der Waals surface area contributed by atoms with Gasteiger partial charge in [0, 0.05) is 25.1 Å². The van der Waals surface area contributed by atoms with Gasteiger partial charge in [0.1, 0.15) is 0 Å². The van der Waals surface area contributed by atoms with E-state index in [9.17, 15) is 13.2 Å². The van der Waals surface area contributed by atoms with Crippen LogP contribution in [0.5, 0.6) is 0 Å². The number of rotatable bonds is 4. The summed E-state index contributed by atoms with van der Waals surface area (Å²) in [4.78, 5) is 12.2. The molecule has 6 nitrogen and oxygen atoms in total. The van der Waals surface area contributed by atoms with Crippen molar-refractivity contribution in [2.75, 3.05) is 6.26 Å². The van der Waals surface area contributed by atoms with Gasteiger partial charge in [-0.05, 0) is 12.1 Å². The van der Waals surface area contributed by atoms with Gasteiger partial charge >= 0.3 is 0 Å². The van der Waals surface area contributed by atoms with Crippen molar-refractivity contribution in [1.29, 1.82) is 0 Å². The maximum Gasteiger partial charge on any atom is 0.175 e. The molecule has 1 aromatic carbocycles. The van der Waals surface area contributed by atoms with Gasteiger partial charge in [0.25, 0.3) is 0 Å². The topological polar surface area (TPSA) is 81.9 Å². The summed E-state index contributed by atoms with van der Waals surface area (Å²) >= 11 is 0. The molecule has 0 aliphatic carbocycles. The molecule has 0 fully saturated rings. The summed E-state index contributed by atoms with van der Waals surface area (Å²) in [6.07, 6.45) is 2.86. The molecule has 1 heterocycles. The number of ketones is 1. The van der Waals surface area contributed by atoms with Crippen LogP contribution in [0.25, 0.3) is 0 Å². The minimum Gasteiger partial charge on any atom is -0.294 e. The number of carbonyl (C=O) groups excluding carboxylic acids is 1. The van der Waals surface area contributed by atoms with E-state index in [2.05, 4.69) is 10.3 Å². The molecule has 0 atom stereocenters. The fourth-order valence-electron chi connectivity index (χ4n) is 1.64. The molecule has 7 heteroatoms. The molecule has 1 aromatic heterocycles. The third-order valence-corrected chi connectivity index (χ3v) is 3.69. The molecule has 100 valence electrons. The highest BCUT2D eigenvalue weighted by Gasteiger charge is 2.13. The molecule has 0 N–H and O–H groups in total. The molecular formula is C12H13N3O3S. The van der Waals surface area contributed by atoms with Crippen molar-refractivity contribution in [3.05, 3.63) is 41.7 Å². The molecule has 0 aliphatic heterocycles. The van der Waals surface area contributed by atoms with Gasteiger partial charge in [-0.1, -0.05) is 17.3 Å². The lowest BCUT2D eigenvalue weighted by Crippen LogP contribution is -2.06. The third-order valence-electron chi connectivity index (χ3n) is 2.58. The first-order chi connectivity index (χ1) is 8.86. The number of carbonyl (C=O) groups is 1. The SMILES string of the molecule is Cn1cc(CC(=O)c2cccc(S(C)(=O)=O)c2)nn1. The Balaban J connectivity index is 2.25. The smallest absolute Gasteiger partial charge is 0.175 e. The Morgan fingerprint density at radius 3 is 2.68 bits per heavy atom. The highest BCUT2D eigenvalue weighted by Crippen LogP contribution is 2.13. The molecule has 0 radical (unpaired) electrons. The van der Waals surface area contributed by atoms with Gasteiger partial charge in [-0.15, -0.1) is 5.10 Å². The summed E-state index contributed by atoms with van der Waals surface area (Å²) in [5.41, 5.74) is 0.908. The van der Waals surface area contributed by atoms with E-state index in [4.69, 9.17) is 0 Å². The zero-order valence-electron chi connectivity index (χ0n) is 10.6. The first-order valence-electron chi connectivity index (χ1n) is 5.55. The number of hydrogen-bond donors (Lipinski definition) is 0. The Hall–Kier alpha value is -2.02. The predicted molar refractivity (Wildman–Crippen MR) is 68.6 cm³/mol. The fraction of sp³-hybridized carbons (Fsp3) is 0.250. The summed E-state index contributed by atoms with van der Waals surface area (Å²) in [6, 6.07) is 6.00. The monoisotopic (exact) mass is 279 g/mol. The van der Waals surface area contributed by atoms with Crippen LogP contribution in [0.15, 0.2) is 35.4 Å². The largest absolute Gasteiger partial charge is 0.294 e. The number of nitrogens with zero attached hydrogens (tertiary/aromatic N) is 3. The molecule has 0 saturated carbocycles. The average Bonchev–Trinajstić information content (AvgIpc) is 2.74. The summed E-state index contributed by atoms with van der Waals surface area (Å²) in [5.74, 6) is -0.189. The molecule has 0 saturated heterocycles. The second-order valence-corrected chi connectivity index (χ2v) is 6.30. The quantitative estimate of drug-likeness (QED) is 0.767. The summed E-state index contributed by atoms with van der Waals surface area (Å²) in [5, 5.41) is 7.57. The van der Waals surface area contributed by atoms with Gasteiger partial charge in [-0.2, -0.15) is 0 Å². The molecule has 2 aromatic rings. The maximum atomic E-state index is 12.0. The summed E-state index contributed by atoms with van der Waals surface area (Å²) in [7, 11) is -1.60. The van der Waals surface area contributed by atoms with E-state index in [0.29, 0.717) is 11.3 Å². The van der Waals surface area contributed by atoms with Crippen molar-refractivity contribution in [2.45, 2.75) is 11.3 Å². The Morgan fingerprint density at radius 2 is 2.11 bits per heavy atom. The van der Waals surface area contributed by atoms with Crippen LogP contribution in [0.2, 0.25) is 0 Å². The highest BCUT2D eigenvalue weighted by atomic mass is 32.2. The molecule has 0 aliphatic rings. The molecule has 19 heavy (non-hydrogen) atoms. The number of Topliss-reactive ketones (excluding diaryl/α,β-unsaturated/α-hetero) is 1. The van der Waals surface area contributed by atoms with E-state index in [1.165, 1.54) is 16.8 Å². The molecule has 2 rings (SSSR count). The van der Waals surface area contributed by atoms with Crippen LogP contribution in [0.3, 0.4) is 0 Å². The Kier molecular flexibility index (Phi) is 3.48. The number of benzene rings is 1. The van der Waals surface area contributed by atoms with Gasteiger partial charge in [0.15, 0.2) is 15.6 Å². The number of hydrogen-bond acceptors (Lipinski definition) is 5. The Bertz CT molecular complexity index is 719. The lowest BCUT2D eigenvalue weighted by molar-refractivity contribution is 0.0991. The van der Waals surface area contributed by atoms with Crippen LogP contribution in [-0.2, 0) is 23.3 Å². The predicted octanol–water partition coefficient (Wildman–Crippen LogP) is 0.644. The van der Waals surface area contributed by atoms with Crippen LogP contribution in [0.1, 0.15) is 16.1 Å². The maximum absolute atomic E-state index is 12.0. The third kappa shape index (κ3) is 3.25. The number of aryl methyl sites for hydroxylation is 1. The van der Waals surface area contributed by atoms with Gasteiger partial charge in [0.2, 0.25) is 0 Å². The first-order valence-corrected chi connectivity index (χ1v) is 7.44. The molecule has 0 amide bonds. The second-order valence-electron chi connectivity index (χ2n) is 4.28. The van der Waals surface area contributed by atoms with Crippen LogP contribution in [0, 0.1) is 0 Å². The lowest BCUT2D eigenvalue weighted by atomic mass is 10.1. The average molecular weight is 279 g/mol. The van der Waals surface area contributed by atoms with Gasteiger partial charge < -0.3 is 0 Å². The zero-order valence-corrected chi connectivity index (χ0v) is 11.4. The first kappa shape index (κ1) is 13.4. The van der Waals surface area contributed by atoms with Gasteiger partial charge in [-0.25, -0.2) is 8.42 Å². The van der Waals surface area contributed by atoms with Crippen LogP contribution in [-0.4, -0.2) is 35.5 Å². The van der Waals surface area contributed by atoms with Crippen molar-refractivity contribution in [2.24, 2.45) is 7.05 Å². The van der Waals surface area contributed by atoms with E-state index < -0.39 is 9.84 Å². The summed E-state index contributed by atoms with van der Waals surface area (Å²) < 4.78 is 24.4.